The topological polar surface area (TPSA) is 20.2 Å². The largest absolute Gasteiger partial charge is 0.395 e. The fraction of sp³-hybridized carbons (Fsp3) is 1.00. The highest BCUT2D eigenvalue weighted by molar-refractivity contribution is 8.07. The van der Waals surface area contributed by atoms with Crippen LogP contribution >= 0.6 is 58.8 Å². The van der Waals surface area contributed by atoms with E-state index < -0.39 is 0 Å². The summed E-state index contributed by atoms with van der Waals surface area (Å²) in [7, 11) is 0. The standard InChI is InChI=1S/C11H22OS5/c12-9-11-10-16-6-5-14-2-1-13-3-4-15-7-8-17-11/h11-12H,1-10H2. The molecule has 0 aromatic carbocycles. The lowest BCUT2D eigenvalue weighted by Crippen LogP contribution is -2.13. The number of hydrogen-bond acceptors (Lipinski definition) is 6. The molecule has 1 aliphatic heterocycles. The summed E-state index contributed by atoms with van der Waals surface area (Å²) in [4.78, 5) is 0. The Labute approximate surface area is 127 Å². The Kier molecular flexibility index (Phi) is 12.6. The molecule has 1 unspecified atom stereocenters. The third kappa shape index (κ3) is 10.2. The predicted molar refractivity (Wildman–Crippen MR) is 92.6 cm³/mol. The van der Waals surface area contributed by atoms with E-state index in [1.807, 2.05) is 23.5 Å². The van der Waals surface area contributed by atoms with Crippen molar-refractivity contribution in [1.29, 1.82) is 0 Å². The Hall–Kier alpha value is 1.71. The van der Waals surface area contributed by atoms with Crippen molar-refractivity contribution in [2.75, 3.05) is 58.4 Å². The van der Waals surface area contributed by atoms with Crippen LogP contribution in [0, 0.1) is 0 Å². The van der Waals surface area contributed by atoms with Crippen molar-refractivity contribution in [3.63, 3.8) is 0 Å². The van der Waals surface area contributed by atoms with E-state index in [0.717, 1.165) is 5.75 Å². The van der Waals surface area contributed by atoms with Gasteiger partial charge < -0.3 is 5.11 Å². The quantitative estimate of drug-likeness (QED) is 0.792. The fourth-order valence-electron chi connectivity index (χ4n) is 1.30. The lowest BCUT2D eigenvalue weighted by Gasteiger charge is -2.12. The van der Waals surface area contributed by atoms with Gasteiger partial charge in [-0.2, -0.15) is 58.8 Å². The van der Waals surface area contributed by atoms with Gasteiger partial charge >= 0.3 is 0 Å². The fourth-order valence-corrected chi connectivity index (χ4v) is 7.25. The molecule has 1 N–H and O–H groups in total. The average Bonchev–Trinajstić information content (AvgIpc) is 2.36. The molecule has 0 aromatic heterocycles. The Morgan fingerprint density at radius 2 is 1.18 bits per heavy atom. The van der Waals surface area contributed by atoms with E-state index in [1.54, 1.807) is 0 Å². The molecule has 0 aliphatic carbocycles. The zero-order chi connectivity index (χ0) is 12.2. The van der Waals surface area contributed by atoms with Crippen molar-refractivity contribution >= 4 is 58.8 Å². The Morgan fingerprint density at radius 3 is 1.71 bits per heavy atom. The summed E-state index contributed by atoms with van der Waals surface area (Å²) in [6.45, 7) is 0.339. The molecule has 0 radical (unpaired) electrons. The maximum Gasteiger partial charge on any atom is 0.0558 e. The van der Waals surface area contributed by atoms with Gasteiger partial charge in [0.1, 0.15) is 0 Å². The summed E-state index contributed by atoms with van der Waals surface area (Å²) >= 11 is 10.2. The first-order valence-corrected chi connectivity index (χ1v) is 11.6. The van der Waals surface area contributed by atoms with Gasteiger partial charge in [0, 0.05) is 57.0 Å². The van der Waals surface area contributed by atoms with Gasteiger partial charge in [0.25, 0.3) is 0 Å². The van der Waals surface area contributed by atoms with Crippen LogP contribution in [-0.2, 0) is 0 Å². The zero-order valence-electron chi connectivity index (χ0n) is 10.1. The highest BCUT2D eigenvalue weighted by Crippen LogP contribution is 2.20. The van der Waals surface area contributed by atoms with Crippen LogP contribution in [0.1, 0.15) is 0 Å². The molecule has 0 aromatic rings. The van der Waals surface area contributed by atoms with E-state index in [0.29, 0.717) is 11.9 Å². The van der Waals surface area contributed by atoms with Crippen LogP contribution in [0.3, 0.4) is 0 Å². The summed E-state index contributed by atoms with van der Waals surface area (Å²) in [5.41, 5.74) is 0. The Bertz CT molecular complexity index is 154. The van der Waals surface area contributed by atoms with Gasteiger partial charge in [-0.1, -0.05) is 0 Å². The summed E-state index contributed by atoms with van der Waals surface area (Å²) in [5.74, 6) is 11.2. The van der Waals surface area contributed by atoms with Crippen LogP contribution in [0.5, 0.6) is 0 Å². The van der Waals surface area contributed by atoms with Gasteiger partial charge in [-0.25, -0.2) is 0 Å². The third-order valence-corrected chi connectivity index (χ3v) is 8.76. The molecule has 1 rings (SSSR count). The van der Waals surface area contributed by atoms with E-state index in [9.17, 15) is 5.11 Å². The minimum atomic E-state index is 0.339. The Morgan fingerprint density at radius 1 is 0.706 bits per heavy atom. The van der Waals surface area contributed by atoms with Crippen molar-refractivity contribution in [3.8, 4) is 0 Å². The second-order valence-electron chi connectivity index (χ2n) is 3.59. The lowest BCUT2D eigenvalue weighted by molar-refractivity contribution is 0.301. The van der Waals surface area contributed by atoms with E-state index >= 15 is 0 Å². The molecule has 1 fully saturated rings. The number of thioether (sulfide) groups is 5. The van der Waals surface area contributed by atoms with Crippen LogP contribution in [0.25, 0.3) is 0 Å². The molecule has 0 saturated carbocycles. The second kappa shape index (κ2) is 12.7. The molecule has 0 spiro atoms. The monoisotopic (exact) mass is 330 g/mol. The van der Waals surface area contributed by atoms with Crippen LogP contribution < -0.4 is 0 Å². The van der Waals surface area contributed by atoms with Gasteiger partial charge in [0.15, 0.2) is 0 Å². The summed E-state index contributed by atoms with van der Waals surface area (Å²) in [6, 6.07) is 0. The third-order valence-electron chi connectivity index (χ3n) is 2.20. The molecule has 0 bridgehead atoms. The summed E-state index contributed by atoms with van der Waals surface area (Å²) in [6.07, 6.45) is 0. The SMILES string of the molecule is OCC1CSCCSCCSCCSCCS1. The van der Waals surface area contributed by atoms with Gasteiger partial charge in [-0.05, 0) is 0 Å². The summed E-state index contributed by atoms with van der Waals surface area (Å²) < 4.78 is 0. The maximum atomic E-state index is 9.29. The first-order valence-electron chi connectivity index (χ1n) is 5.97. The molecule has 1 nitrogen and oxygen atoms in total. The van der Waals surface area contributed by atoms with E-state index in [-0.39, 0.29) is 0 Å². The molecular formula is C11H22OS5. The highest BCUT2D eigenvalue weighted by Gasteiger charge is 2.08. The second-order valence-corrected chi connectivity index (χ2v) is 9.82. The molecule has 0 amide bonds. The molecule has 17 heavy (non-hydrogen) atoms. The van der Waals surface area contributed by atoms with Crippen molar-refractivity contribution < 1.29 is 5.11 Å². The van der Waals surface area contributed by atoms with Crippen molar-refractivity contribution in [3.05, 3.63) is 0 Å². The normalized spacial score (nSPS) is 27.0. The van der Waals surface area contributed by atoms with E-state index in [2.05, 4.69) is 35.3 Å². The van der Waals surface area contributed by atoms with Crippen LogP contribution in [0.2, 0.25) is 0 Å². The lowest BCUT2D eigenvalue weighted by atomic mass is 10.5. The number of rotatable bonds is 1. The number of aliphatic hydroxyl groups excluding tert-OH is 1. The highest BCUT2D eigenvalue weighted by atomic mass is 32.2. The smallest absolute Gasteiger partial charge is 0.0558 e. The van der Waals surface area contributed by atoms with Gasteiger partial charge in [0.2, 0.25) is 0 Å². The average molecular weight is 331 g/mol. The van der Waals surface area contributed by atoms with E-state index in [4.69, 9.17) is 0 Å². The molecule has 102 valence electrons. The van der Waals surface area contributed by atoms with Crippen LogP contribution in [0.4, 0.5) is 0 Å². The molecule has 6 heteroatoms. The van der Waals surface area contributed by atoms with E-state index in [1.165, 1.54) is 46.0 Å². The molecule has 1 heterocycles. The van der Waals surface area contributed by atoms with Gasteiger partial charge in [-0.3, -0.25) is 0 Å². The van der Waals surface area contributed by atoms with Gasteiger partial charge in [0.05, 0.1) is 6.61 Å². The molecular weight excluding hydrogens is 308 g/mol. The van der Waals surface area contributed by atoms with Crippen LogP contribution in [0.15, 0.2) is 0 Å². The number of hydrogen-bond donors (Lipinski definition) is 1. The minimum absolute atomic E-state index is 0.339. The zero-order valence-corrected chi connectivity index (χ0v) is 14.2. The van der Waals surface area contributed by atoms with Crippen molar-refractivity contribution in [2.24, 2.45) is 0 Å². The first kappa shape index (κ1) is 16.8. The van der Waals surface area contributed by atoms with Crippen molar-refractivity contribution in [2.45, 2.75) is 5.25 Å². The molecule has 1 saturated heterocycles. The maximum absolute atomic E-state index is 9.29. The van der Waals surface area contributed by atoms with Crippen molar-refractivity contribution in [1.82, 2.24) is 0 Å². The first-order chi connectivity index (χ1) is 8.43. The van der Waals surface area contributed by atoms with Crippen LogP contribution in [-0.4, -0.2) is 68.7 Å². The molecule has 1 atom stereocenters. The summed E-state index contributed by atoms with van der Waals surface area (Å²) in [5, 5.41) is 9.74. The minimum Gasteiger partial charge on any atom is -0.395 e. The Balaban J connectivity index is 2.16. The number of aliphatic hydroxyl groups is 1. The van der Waals surface area contributed by atoms with Gasteiger partial charge in [-0.15, -0.1) is 0 Å². The molecule has 1 aliphatic rings. The predicted octanol–water partition coefficient (Wildman–Crippen LogP) is 3.03.